The number of esters is 1. The summed E-state index contributed by atoms with van der Waals surface area (Å²) >= 11 is 2.83. The van der Waals surface area contributed by atoms with Crippen molar-refractivity contribution in [2.75, 3.05) is 24.3 Å². The van der Waals surface area contributed by atoms with Crippen LogP contribution in [0, 0.1) is 6.92 Å². The number of carbonyl (C=O) groups excluding carboxylic acids is 2. The maximum Gasteiger partial charge on any atom is 0.341 e. The summed E-state index contributed by atoms with van der Waals surface area (Å²) in [7, 11) is 0. The lowest BCUT2D eigenvalue weighted by atomic mass is 10.0. The van der Waals surface area contributed by atoms with Crippen LogP contribution in [0.4, 0.5) is 5.00 Å². The fourth-order valence-electron chi connectivity index (χ4n) is 3.09. The van der Waals surface area contributed by atoms with Gasteiger partial charge in [-0.3, -0.25) is 4.79 Å². The van der Waals surface area contributed by atoms with Gasteiger partial charge in [-0.2, -0.15) is 0 Å². The number of thiophene rings is 1. The number of thioether (sulfide) groups is 1. The summed E-state index contributed by atoms with van der Waals surface area (Å²) in [5.74, 6) is 0.408. The Labute approximate surface area is 190 Å². The highest BCUT2D eigenvalue weighted by atomic mass is 32.2. The molecule has 0 saturated carbocycles. The molecule has 31 heavy (non-hydrogen) atoms. The van der Waals surface area contributed by atoms with Gasteiger partial charge in [-0.15, -0.1) is 23.1 Å². The molecular weight excluding hydrogens is 430 g/mol. The molecule has 3 aromatic rings. The number of carbonyl (C=O) groups is 2. The third-order valence-corrected chi connectivity index (χ3v) is 6.42. The zero-order valence-corrected chi connectivity index (χ0v) is 19.4. The van der Waals surface area contributed by atoms with Gasteiger partial charge in [-0.1, -0.05) is 30.3 Å². The molecule has 0 aliphatic rings. The van der Waals surface area contributed by atoms with Crippen molar-refractivity contribution in [2.24, 2.45) is 0 Å². The zero-order chi connectivity index (χ0) is 22.2. The van der Waals surface area contributed by atoms with E-state index in [9.17, 15) is 9.59 Å². The van der Waals surface area contributed by atoms with Crippen molar-refractivity contribution < 1.29 is 19.1 Å². The lowest BCUT2D eigenvalue weighted by molar-refractivity contribution is -0.113. The molecule has 1 amide bonds. The quantitative estimate of drug-likeness (QED) is 0.315. The van der Waals surface area contributed by atoms with Crippen LogP contribution in [0.15, 0.2) is 59.5 Å². The largest absolute Gasteiger partial charge is 0.494 e. The SMILES string of the molecule is CCOC(=O)c1c(NC(=O)CSc2ccccc2)sc(C)c1-c1ccc(OCC)cc1. The molecule has 0 radical (unpaired) electrons. The first-order valence-corrected chi connectivity index (χ1v) is 11.8. The van der Waals surface area contributed by atoms with E-state index in [1.807, 2.05) is 68.4 Å². The Kier molecular flexibility index (Phi) is 8.14. The van der Waals surface area contributed by atoms with Crippen LogP contribution in [0.1, 0.15) is 29.1 Å². The van der Waals surface area contributed by atoms with Gasteiger partial charge in [0, 0.05) is 15.3 Å². The fraction of sp³-hybridized carbons (Fsp3) is 0.250. The van der Waals surface area contributed by atoms with Gasteiger partial charge in [-0.05, 0) is 50.6 Å². The van der Waals surface area contributed by atoms with Crippen LogP contribution in [0.25, 0.3) is 11.1 Å². The van der Waals surface area contributed by atoms with Crippen molar-refractivity contribution in [2.45, 2.75) is 25.7 Å². The van der Waals surface area contributed by atoms with Crippen molar-refractivity contribution in [3.8, 4) is 16.9 Å². The number of nitrogens with one attached hydrogen (secondary N) is 1. The molecule has 1 aromatic heterocycles. The first-order valence-electron chi connectivity index (χ1n) is 10.0. The summed E-state index contributed by atoms with van der Waals surface area (Å²) < 4.78 is 10.8. The summed E-state index contributed by atoms with van der Waals surface area (Å²) in [6.07, 6.45) is 0. The van der Waals surface area contributed by atoms with Crippen LogP contribution in [0.2, 0.25) is 0 Å². The molecular formula is C24H25NO4S2. The van der Waals surface area contributed by atoms with E-state index in [4.69, 9.17) is 9.47 Å². The maximum absolute atomic E-state index is 12.8. The Hall–Kier alpha value is -2.77. The first-order chi connectivity index (χ1) is 15.0. The number of ether oxygens (including phenoxy) is 2. The number of benzene rings is 2. The summed E-state index contributed by atoms with van der Waals surface area (Å²) in [6, 6.07) is 17.3. The summed E-state index contributed by atoms with van der Waals surface area (Å²) in [4.78, 5) is 27.3. The third kappa shape index (κ3) is 5.89. The van der Waals surface area contributed by atoms with Crippen molar-refractivity contribution in [3.63, 3.8) is 0 Å². The Balaban J connectivity index is 1.86. The molecule has 0 bridgehead atoms. The minimum Gasteiger partial charge on any atom is -0.494 e. The lowest BCUT2D eigenvalue weighted by Gasteiger charge is -2.10. The van der Waals surface area contributed by atoms with Gasteiger partial charge < -0.3 is 14.8 Å². The summed E-state index contributed by atoms with van der Waals surface area (Å²) in [5, 5.41) is 3.43. The van der Waals surface area contributed by atoms with Gasteiger partial charge in [0.1, 0.15) is 16.3 Å². The van der Waals surface area contributed by atoms with Crippen LogP contribution < -0.4 is 10.1 Å². The van der Waals surface area contributed by atoms with Crippen LogP contribution in [0.5, 0.6) is 5.75 Å². The van der Waals surface area contributed by atoms with Crippen molar-refractivity contribution in [1.82, 2.24) is 0 Å². The fourth-order valence-corrected chi connectivity index (χ4v) is 4.89. The molecule has 5 nitrogen and oxygen atoms in total. The van der Waals surface area contributed by atoms with E-state index >= 15 is 0 Å². The lowest BCUT2D eigenvalue weighted by Crippen LogP contribution is -2.16. The number of hydrogen-bond donors (Lipinski definition) is 1. The van der Waals surface area contributed by atoms with Crippen LogP contribution >= 0.6 is 23.1 Å². The Morgan fingerprint density at radius 3 is 2.35 bits per heavy atom. The Bertz CT molecular complexity index is 1030. The number of amides is 1. The van der Waals surface area contributed by atoms with E-state index in [1.165, 1.54) is 23.1 Å². The molecule has 0 aliphatic heterocycles. The maximum atomic E-state index is 12.8. The smallest absolute Gasteiger partial charge is 0.341 e. The highest BCUT2D eigenvalue weighted by molar-refractivity contribution is 8.00. The molecule has 3 rings (SSSR count). The topological polar surface area (TPSA) is 64.6 Å². The second-order valence-electron chi connectivity index (χ2n) is 6.57. The van der Waals surface area contributed by atoms with Crippen LogP contribution in [0.3, 0.4) is 0 Å². The predicted molar refractivity (Wildman–Crippen MR) is 127 cm³/mol. The average Bonchev–Trinajstić information content (AvgIpc) is 3.09. The Morgan fingerprint density at radius 2 is 1.71 bits per heavy atom. The van der Waals surface area contributed by atoms with Gasteiger partial charge in [-0.25, -0.2) is 4.79 Å². The van der Waals surface area contributed by atoms with E-state index in [-0.39, 0.29) is 18.3 Å². The average molecular weight is 456 g/mol. The number of aryl methyl sites for hydroxylation is 1. The molecule has 1 N–H and O–H groups in total. The van der Waals surface area contributed by atoms with Crippen molar-refractivity contribution in [1.29, 1.82) is 0 Å². The highest BCUT2D eigenvalue weighted by Crippen LogP contribution is 2.41. The minimum absolute atomic E-state index is 0.168. The molecule has 1 heterocycles. The number of hydrogen-bond acceptors (Lipinski definition) is 6. The second kappa shape index (κ2) is 11.0. The van der Waals surface area contributed by atoms with E-state index < -0.39 is 5.97 Å². The monoisotopic (exact) mass is 455 g/mol. The van der Waals surface area contributed by atoms with Crippen LogP contribution in [-0.4, -0.2) is 30.8 Å². The third-order valence-electron chi connectivity index (χ3n) is 4.38. The minimum atomic E-state index is -0.443. The zero-order valence-electron chi connectivity index (χ0n) is 17.8. The normalized spacial score (nSPS) is 10.5. The van der Waals surface area contributed by atoms with E-state index in [1.54, 1.807) is 6.92 Å². The molecule has 162 valence electrons. The summed E-state index contributed by atoms with van der Waals surface area (Å²) in [6.45, 7) is 6.48. The molecule has 0 aliphatic carbocycles. The molecule has 7 heteroatoms. The van der Waals surface area contributed by atoms with E-state index in [0.29, 0.717) is 17.2 Å². The van der Waals surface area contributed by atoms with Gasteiger partial charge in [0.2, 0.25) is 5.91 Å². The molecule has 2 aromatic carbocycles. The molecule has 0 fully saturated rings. The molecule has 0 spiro atoms. The van der Waals surface area contributed by atoms with Gasteiger partial charge >= 0.3 is 5.97 Å². The second-order valence-corrected chi connectivity index (χ2v) is 8.84. The summed E-state index contributed by atoms with van der Waals surface area (Å²) in [5.41, 5.74) is 2.04. The molecule has 0 saturated heterocycles. The van der Waals surface area contributed by atoms with Gasteiger partial charge in [0.15, 0.2) is 0 Å². The highest BCUT2D eigenvalue weighted by Gasteiger charge is 2.25. The molecule has 0 unspecified atom stereocenters. The Morgan fingerprint density at radius 1 is 1.00 bits per heavy atom. The van der Waals surface area contributed by atoms with Crippen molar-refractivity contribution in [3.05, 3.63) is 65.0 Å². The van der Waals surface area contributed by atoms with Gasteiger partial charge in [0.25, 0.3) is 0 Å². The number of anilines is 1. The van der Waals surface area contributed by atoms with E-state index in [2.05, 4.69) is 5.32 Å². The first kappa shape index (κ1) is 22.9. The van der Waals surface area contributed by atoms with E-state index in [0.717, 1.165) is 26.6 Å². The van der Waals surface area contributed by atoms with Crippen LogP contribution in [-0.2, 0) is 9.53 Å². The predicted octanol–water partition coefficient (Wildman–Crippen LogP) is 6.03. The molecule has 0 atom stereocenters. The standard InChI is InChI=1S/C24H25NO4S2/c1-4-28-18-13-11-17(12-14-18)21-16(3)31-23(22(21)24(27)29-5-2)25-20(26)15-30-19-9-7-6-8-10-19/h6-14H,4-5,15H2,1-3H3,(H,25,26). The van der Waals surface area contributed by atoms with Crippen molar-refractivity contribution >= 4 is 40.0 Å². The number of rotatable bonds is 9. The van der Waals surface area contributed by atoms with Gasteiger partial charge in [0.05, 0.1) is 19.0 Å².